The van der Waals surface area contributed by atoms with Crippen LogP contribution in [0.2, 0.25) is 0 Å². The van der Waals surface area contributed by atoms with E-state index in [1.54, 1.807) is 4.57 Å². The van der Waals surface area contributed by atoms with Crippen LogP contribution in [0.3, 0.4) is 0 Å². The van der Waals surface area contributed by atoms with E-state index < -0.39 is 5.91 Å². The smallest absolute Gasteiger partial charge is 0.287 e. The lowest BCUT2D eigenvalue weighted by Crippen LogP contribution is -2.18. The molecule has 0 spiro atoms. The summed E-state index contributed by atoms with van der Waals surface area (Å²) in [5.74, 6) is 0.776. The van der Waals surface area contributed by atoms with Crippen molar-refractivity contribution in [2.24, 2.45) is 5.73 Å². The van der Waals surface area contributed by atoms with E-state index in [4.69, 9.17) is 15.2 Å². The molecule has 33 heavy (non-hydrogen) atoms. The zero-order valence-electron chi connectivity index (χ0n) is 18.6. The van der Waals surface area contributed by atoms with Gasteiger partial charge in [-0.2, -0.15) is 0 Å². The molecule has 168 valence electrons. The fourth-order valence-corrected chi connectivity index (χ4v) is 3.50. The average Bonchev–Trinajstić information content (AvgIpc) is 3.32. The van der Waals surface area contributed by atoms with Crippen LogP contribution < -0.4 is 15.2 Å². The fraction of sp³-hybridized carbons (Fsp3) is 0.192. The lowest BCUT2D eigenvalue weighted by molar-refractivity contribution is 0.0988. The lowest BCUT2D eigenvalue weighted by Gasteiger charge is -2.20. The van der Waals surface area contributed by atoms with E-state index >= 15 is 0 Å². The van der Waals surface area contributed by atoms with Gasteiger partial charge < -0.3 is 15.2 Å². The number of carbonyl (C=O) groups is 1. The van der Waals surface area contributed by atoms with Crippen LogP contribution in [-0.4, -0.2) is 20.7 Å². The lowest BCUT2D eigenvalue weighted by atomic mass is 10.0. The van der Waals surface area contributed by atoms with Gasteiger partial charge in [-0.3, -0.25) is 9.36 Å². The summed E-state index contributed by atoms with van der Waals surface area (Å²) in [6.07, 6.45) is 1.46. The maximum Gasteiger partial charge on any atom is 0.287 e. The van der Waals surface area contributed by atoms with Crippen molar-refractivity contribution < 1.29 is 14.3 Å². The number of hydrogen-bond donors (Lipinski definition) is 1. The van der Waals surface area contributed by atoms with E-state index in [-0.39, 0.29) is 11.7 Å². The summed E-state index contributed by atoms with van der Waals surface area (Å²) in [5.41, 5.74) is 9.20. The highest BCUT2D eigenvalue weighted by molar-refractivity contribution is 5.89. The Morgan fingerprint density at radius 3 is 2.03 bits per heavy atom. The molecule has 0 aliphatic carbocycles. The summed E-state index contributed by atoms with van der Waals surface area (Å²) in [5, 5.41) is 7.75. The molecule has 2 N–H and O–H groups in total. The minimum atomic E-state index is -0.669. The van der Waals surface area contributed by atoms with Crippen LogP contribution in [0.15, 0.2) is 79.1 Å². The summed E-state index contributed by atoms with van der Waals surface area (Å²) < 4.78 is 14.0. The van der Waals surface area contributed by atoms with E-state index in [0.717, 1.165) is 22.4 Å². The zero-order chi connectivity index (χ0) is 23.2. The number of amides is 1. The van der Waals surface area contributed by atoms with Gasteiger partial charge in [-0.25, -0.2) is 0 Å². The highest BCUT2D eigenvalue weighted by Crippen LogP contribution is 2.37. The molecule has 0 atom stereocenters. The Morgan fingerprint density at radius 1 is 0.909 bits per heavy atom. The molecule has 1 heterocycles. The van der Waals surface area contributed by atoms with Crippen LogP contribution in [0.4, 0.5) is 0 Å². The van der Waals surface area contributed by atoms with Crippen LogP contribution in [0.5, 0.6) is 11.5 Å². The van der Waals surface area contributed by atoms with Crippen molar-refractivity contribution in [3.8, 4) is 17.2 Å². The van der Waals surface area contributed by atoms with Crippen molar-refractivity contribution in [3.05, 3.63) is 102 Å². The first-order valence-electron chi connectivity index (χ1n) is 10.7. The molecule has 0 bridgehead atoms. The standard InChI is InChI=1S/C26H26N4O3/c1-18(2)21-13-22(30-17-28-29-26(30)25(27)31)24(33-16-20-11-7-4-8-12-20)14-23(21)32-15-19-9-5-3-6-10-19/h3-14,17-18H,15-16H2,1-2H3,(H2,27,31). The number of rotatable bonds is 9. The molecule has 1 amide bonds. The van der Waals surface area contributed by atoms with Gasteiger partial charge in [0.1, 0.15) is 31.0 Å². The third kappa shape index (κ3) is 5.20. The molecule has 7 heteroatoms. The normalized spacial score (nSPS) is 10.9. The average molecular weight is 443 g/mol. The highest BCUT2D eigenvalue weighted by atomic mass is 16.5. The second kappa shape index (κ2) is 9.99. The minimum absolute atomic E-state index is 0.0345. The van der Waals surface area contributed by atoms with Crippen molar-refractivity contribution in [2.45, 2.75) is 33.0 Å². The molecule has 7 nitrogen and oxygen atoms in total. The molecule has 0 aliphatic rings. The quantitative estimate of drug-likeness (QED) is 0.407. The van der Waals surface area contributed by atoms with E-state index in [9.17, 15) is 4.79 Å². The van der Waals surface area contributed by atoms with Crippen molar-refractivity contribution in [1.82, 2.24) is 14.8 Å². The minimum Gasteiger partial charge on any atom is -0.488 e. The third-order valence-electron chi connectivity index (χ3n) is 5.22. The Bertz CT molecular complexity index is 1220. The molecule has 0 fully saturated rings. The zero-order valence-corrected chi connectivity index (χ0v) is 18.6. The maximum absolute atomic E-state index is 11.9. The summed E-state index contributed by atoms with van der Waals surface area (Å²) in [6.45, 7) is 4.94. The first kappa shape index (κ1) is 22.1. The fourth-order valence-electron chi connectivity index (χ4n) is 3.50. The number of aromatic nitrogens is 3. The molecular weight excluding hydrogens is 416 g/mol. The Hall–Kier alpha value is -4.13. The van der Waals surface area contributed by atoms with Crippen LogP contribution in [0.1, 0.15) is 47.1 Å². The second-order valence-corrected chi connectivity index (χ2v) is 7.95. The number of hydrogen-bond acceptors (Lipinski definition) is 5. The second-order valence-electron chi connectivity index (χ2n) is 7.95. The Kier molecular flexibility index (Phi) is 6.69. The van der Waals surface area contributed by atoms with Crippen molar-refractivity contribution >= 4 is 5.91 Å². The first-order valence-corrected chi connectivity index (χ1v) is 10.7. The molecule has 0 unspecified atom stereocenters. The molecule has 0 saturated heterocycles. The van der Waals surface area contributed by atoms with Crippen LogP contribution in [0, 0.1) is 0 Å². The number of benzene rings is 3. The molecule has 0 saturated carbocycles. The summed E-state index contributed by atoms with van der Waals surface area (Å²) in [4.78, 5) is 11.9. The largest absolute Gasteiger partial charge is 0.488 e. The van der Waals surface area contributed by atoms with Crippen molar-refractivity contribution in [3.63, 3.8) is 0 Å². The summed E-state index contributed by atoms with van der Waals surface area (Å²) in [7, 11) is 0. The predicted octanol–water partition coefficient (Wildman–Crippen LogP) is 4.65. The topological polar surface area (TPSA) is 92.3 Å². The number of primary amides is 1. The van der Waals surface area contributed by atoms with Gasteiger partial charge in [0.05, 0.1) is 5.69 Å². The number of nitrogens with two attached hydrogens (primary N) is 1. The van der Waals surface area contributed by atoms with Gasteiger partial charge in [0, 0.05) is 6.07 Å². The maximum atomic E-state index is 11.9. The Morgan fingerprint density at radius 2 is 1.48 bits per heavy atom. The Labute approximate surface area is 192 Å². The summed E-state index contributed by atoms with van der Waals surface area (Å²) in [6, 6.07) is 23.6. The van der Waals surface area contributed by atoms with E-state index in [0.29, 0.717) is 24.7 Å². The van der Waals surface area contributed by atoms with Crippen LogP contribution >= 0.6 is 0 Å². The van der Waals surface area contributed by atoms with Crippen molar-refractivity contribution in [1.29, 1.82) is 0 Å². The molecule has 4 aromatic rings. The number of nitrogens with zero attached hydrogens (tertiary/aromatic N) is 3. The van der Waals surface area contributed by atoms with E-state index in [1.165, 1.54) is 6.33 Å². The van der Waals surface area contributed by atoms with Gasteiger partial charge >= 0.3 is 0 Å². The van der Waals surface area contributed by atoms with Gasteiger partial charge in [0.15, 0.2) is 0 Å². The van der Waals surface area contributed by atoms with Gasteiger partial charge in [-0.1, -0.05) is 74.5 Å². The van der Waals surface area contributed by atoms with Crippen molar-refractivity contribution in [2.75, 3.05) is 0 Å². The summed E-state index contributed by atoms with van der Waals surface area (Å²) >= 11 is 0. The SMILES string of the molecule is CC(C)c1cc(-n2cnnc2C(N)=O)c(OCc2ccccc2)cc1OCc1ccccc1. The Balaban J connectivity index is 1.75. The van der Waals surface area contributed by atoms with E-state index in [2.05, 4.69) is 24.0 Å². The number of carbonyl (C=O) groups excluding carboxylic acids is 1. The van der Waals surface area contributed by atoms with Crippen LogP contribution in [-0.2, 0) is 13.2 Å². The molecule has 4 rings (SSSR count). The van der Waals surface area contributed by atoms with Gasteiger partial charge in [0.2, 0.25) is 5.82 Å². The van der Waals surface area contributed by atoms with Gasteiger partial charge in [0.25, 0.3) is 5.91 Å². The molecule has 1 aromatic heterocycles. The predicted molar refractivity (Wildman–Crippen MR) is 126 cm³/mol. The first-order chi connectivity index (χ1) is 16.0. The van der Waals surface area contributed by atoms with E-state index in [1.807, 2.05) is 72.8 Å². The number of ether oxygens (including phenoxy) is 2. The molecular formula is C26H26N4O3. The van der Waals surface area contributed by atoms with Gasteiger partial charge in [-0.15, -0.1) is 10.2 Å². The third-order valence-corrected chi connectivity index (χ3v) is 5.22. The highest BCUT2D eigenvalue weighted by Gasteiger charge is 2.20. The molecule has 3 aromatic carbocycles. The molecule has 0 aliphatic heterocycles. The molecule has 0 radical (unpaired) electrons. The van der Waals surface area contributed by atoms with Crippen LogP contribution in [0.25, 0.3) is 5.69 Å². The monoisotopic (exact) mass is 442 g/mol. The van der Waals surface area contributed by atoms with Gasteiger partial charge in [-0.05, 0) is 28.7 Å².